The highest BCUT2D eigenvalue weighted by molar-refractivity contribution is 6.05. The average molecular weight is 487 g/mol. The van der Waals surface area contributed by atoms with Gasteiger partial charge in [0.25, 0.3) is 5.91 Å². The zero-order valence-electron chi connectivity index (χ0n) is 20.7. The van der Waals surface area contributed by atoms with Crippen LogP contribution in [-0.4, -0.2) is 43.6 Å². The second-order valence-corrected chi connectivity index (χ2v) is 8.81. The lowest BCUT2D eigenvalue weighted by Crippen LogP contribution is -2.49. The molecule has 2 atom stereocenters. The van der Waals surface area contributed by atoms with Gasteiger partial charge in [0.15, 0.2) is 11.5 Å². The molecule has 0 saturated carbocycles. The van der Waals surface area contributed by atoms with Crippen LogP contribution >= 0.6 is 0 Å². The number of para-hydroxylation sites is 2. The van der Waals surface area contributed by atoms with E-state index in [1.54, 1.807) is 19.2 Å². The van der Waals surface area contributed by atoms with Crippen LogP contribution in [-0.2, 0) is 11.2 Å². The number of hydrogen-bond acceptors (Lipinski definition) is 5. The number of fused-ring (bicyclic) bond motifs is 4. The third kappa shape index (κ3) is 4.04. The predicted molar refractivity (Wildman–Crippen MR) is 137 cm³/mol. The second-order valence-electron chi connectivity index (χ2n) is 8.81. The summed E-state index contributed by atoms with van der Waals surface area (Å²) in [6.07, 6.45) is 0.674. The van der Waals surface area contributed by atoms with E-state index in [0.717, 1.165) is 16.7 Å². The first kappa shape index (κ1) is 23.7. The van der Waals surface area contributed by atoms with Crippen molar-refractivity contribution in [2.45, 2.75) is 32.2 Å². The van der Waals surface area contributed by atoms with E-state index >= 15 is 0 Å². The number of amides is 2. The predicted octanol–water partition coefficient (Wildman–Crippen LogP) is 4.97. The van der Waals surface area contributed by atoms with Crippen molar-refractivity contribution >= 4 is 17.5 Å². The van der Waals surface area contributed by atoms with Gasteiger partial charge in [0.2, 0.25) is 5.91 Å². The van der Waals surface area contributed by atoms with Crippen molar-refractivity contribution in [1.82, 2.24) is 4.90 Å². The molecule has 3 aromatic rings. The molecule has 0 aromatic heterocycles. The molecule has 2 heterocycles. The molecular formula is C29H30N2O5. The Morgan fingerprint density at radius 3 is 2.39 bits per heavy atom. The summed E-state index contributed by atoms with van der Waals surface area (Å²) in [4.78, 5) is 29.4. The molecule has 0 aliphatic carbocycles. The van der Waals surface area contributed by atoms with E-state index in [0.29, 0.717) is 54.7 Å². The maximum absolute atomic E-state index is 14.0. The van der Waals surface area contributed by atoms with Crippen LogP contribution in [0.1, 0.15) is 52.9 Å². The lowest BCUT2D eigenvalue weighted by atomic mass is 9.75. The molecule has 0 spiro atoms. The monoisotopic (exact) mass is 486 g/mol. The number of carbonyl (C=O) groups excluding carboxylic acids is 2. The fourth-order valence-corrected chi connectivity index (χ4v) is 5.31. The normalized spacial score (nSPS) is 18.0. The van der Waals surface area contributed by atoms with Gasteiger partial charge in [0.05, 0.1) is 38.0 Å². The molecule has 186 valence electrons. The van der Waals surface area contributed by atoms with Crippen LogP contribution in [0.3, 0.4) is 0 Å². The molecule has 7 nitrogen and oxygen atoms in total. The minimum absolute atomic E-state index is 0.0607. The van der Waals surface area contributed by atoms with Crippen LogP contribution in [0, 0.1) is 0 Å². The third-order valence-corrected chi connectivity index (χ3v) is 6.83. The number of ether oxygens (including phenoxy) is 3. The fourth-order valence-electron chi connectivity index (χ4n) is 5.31. The Bertz CT molecular complexity index is 1300. The first-order valence-electron chi connectivity index (χ1n) is 12.3. The first-order chi connectivity index (χ1) is 17.6. The Morgan fingerprint density at radius 2 is 1.64 bits per heavy atom. The number of methoxy groups -OCH3 is 1. The van der Waals surface area contributed by atoms with Gasteiger partial charge in [0.1, 0.15) is 5.75 Å². The van der Waals surface area contributed by atoms with Gasteiger partial charge in [-0.2, -0.15) is 0 Å². The summed E-state index contributed by atoms with van der Waals surface area (Å²) in [7, 11) is 1.57. The van der Waals surface area contributed by atoms with Crippen LogP contribution in [0.25, 0.3) is 0 Å². The van der Waals surface area contributed by atoms with E-state index in [-0.39, 0.29) is 11.8 Å². The van der Waals surface area contributed by atoms with E-state index in [1.807, 2.05) is 67.3 Å². The molecule has 0 radical (unpaired) electrons. The summed E-state index contributed by atoms with van der Waals surface area (Å²) in [6, 6.07) is 18.2. The molecule has 0 saturated heterocycles. The molecule has 2 aliphatic heterocycles. The van der Waals surface area contributed by atoms with Gasteiger partial charge in [-0.25, -0.2) is 0 Å². The highest BCUT2D eigenvalue weighted by Crippen LogP contribution is 2.48. The molecule has 7 heteroatoms. The first-order valence-corrected chi connectivity index (χ1v) is 12.3. The quantitative estimate of drug-likeness (QED) is 0.510. The van der Waals surface area contributed by atoms with Gasteiger partial charge < -0.3 is 24.4 Å². The van der Waals surface area contributed by atoms with Crippen LogP contribution in [0.5, 0.6) is 17.2 Å². The molecule has 3 aromatic carbocycles. The van der Waals surface area contributed by atoms with Crippen molar-refractivity contribution in [3.8, 4) is 17.2 Å². The van der Waals surface area contributed by atoms with E-state index < -0.39 is 12.0 Å². The maximum Gasteiger partial charge on any atom is 0.254 e. The molecule has 0 bridgehead atoms. The molecule has 0 fully saturated rings. The van der Waals surface area contributed by atoms with Crippen LogP contribution < -0.4 is 19.5 Å². The number of nitrogens with zero attached hydrogens (tertiary/aromatic N) is 1. The largest absolute Gasteiger partial charge is 0.495 e. The van der Waals surface area contributed by atoms with Crippen molar-refractivity contribution in [2.75, 3.05) is 32.2 Å². The van der Waals surface area contributed by atoms with E-state index in [4.69, 9.17) is 14.2 Å². The SMILES string of the molecule is CCOc1cc2c(cc1OCC)[C@H]1[C@H](C(=O)Nc3ccccc3OC)c3ccccc3C(=O)N1CC2. The van der Waals surface area contributed by atoms with Crippen molar-refractivity contribution < 1.29 is 23.8 Å². The molecule has 5 rings (SSSR count). The molecular weight excluding hydrogens is 456 g/mol. The molecule has 36 heavy (non-hydrogen) atoms. The maximum atomic E-state index is 14.0. The topological polar surface area (TPSA) is 77.1 Å². The number of carbonyl (C=O) groups is 2. The van der Waals surface area contributed by atoms with Gasteiger partial charge >= 0.3 is 0 Å². The summed E-state index contributed by atoms with van der Waals surface area (Å²) >= 11 is 0. The Labute approximate surface area is 211 Å². The minimum Gasteiger partial charge on any atom is -0.495 e. The summed E-state index contributed by atoms with van der Waals surface area (Å²) in [5.41, 5.74) is 3.84. The number of benzene rings is 3. The zero-order valence-corrected chi connectivity index (χ0v) is 20.7. The number of hydrogen-bond donors (Lipinski definition) is 1. The number of rotatable bonds is 7. The lowest BCUT2D eigenvalue weighted by Gasteiger charge is -2.45. The van der Waals surface area contributed by atoms with Gasteiger partial charge in [-0.05, 0) is 67.3 Å². The second kappa shape index (κ2) is 9.93. The lowest BCUT2D eigenvalue weighted by molar-refractivity contribution is -0.119. The third-order valence-electron chi connectivity index (χ3n) is 6.83. The van der Waals surface area contributed by atoms with Crippen LogP contribution in [0.4, 0.5) is 5.69 Å². The van der Waals surface area contributed by atoms with Crippen molar-refractivity contribution in [1.29, 1.82) is 0 Å². The zero-order chi connectivity index (χ0) is 25.2. The van der Waals surface area contributed by atoms with Crippen molar-refractivity contribution in [2.24, 2.45) is 0 Å². The Morgan fingerprint density at radius 1 is 0.944 bits per heavy atom. The highest BCUT2D eigenvalue weighted by atomic mass is 16.5. The number of nitrogens with one attached hydrogen (secondary N) is 1. The Hall–Kier alpha value is -4.00. The van der Waals surface area contributed by atoms with Gasteiger partial charge in [-0.3, -0.25) is 9.59 Å². The van der Waals surface area contributed by atoms with E-state index in [2.05, 4.69) is 5.32 Å². The summed E-state index contributed by atoms with van der Waals surface area (Å²) < 4.78 is 17.2. The van der Waals surface area contributed by atoms with Crippen LogP contribution in [0.2, 0.25) is 0 Å². The summed E-state index contributed by atoms with van der Waals surface area (Å²) in [5, 5.41) is 3.06. The summed E-state index contributed by atoms with van der Waals surface area (Å²) in [6.45, 7) is 5.37. The van der Waals surface area contributed by atoms with E-state index in [9.17, 15) is 9.59 Å². The minimum atomic E-state index is -0.615. The van der Waals surface area contributed by atoms with Crippen LogP contribution in [0.15, 0.2) is 60.7 Å². The van der Waals surface area contributed by atoms with Crippen molar-refractivity contribution in [3.63, 3.8) is 0 Å². The average Bonchev–Trinajstić information content (AvgIpc) is 2.90. The fraction of sp³-hybridized carbons (Fsp3) is 0.310. The van der Waals surface area contributed by atoms with Gasteiger partial charge in [0, 0.05) is 12.1 Å². The van der Waals surface area contributed by atoms with E-state index in [1.165, 1.54) is 0 Å². The Balaban J connectivity index is 1.64. The molecule has 1 N–H and O–H groups in total. The highest BCUT2D eigenvalue weighted by Gasteiger charge is 2.46. The van der Waals surface area contributed by atoms with Gasteiger partial charge in [-0.1, -0.05) is 30.3 Å². The Kier molecular flexibility index (Phi) is 6.55. The summed E-state index contributed by atoms with van der Waals surface area (Å²) in [5.74, 6) is 1.00. The molecule has 0 unspecified atom stereocenters. The molecule has 2 aliphatic rings. The smallest absolute Gasteiger partial charge is 0.254 e. The standard InChI is InChI=1S/C29H30N2O5/c1-4-35-24-16-18-14-15-31-27(21(18)17-25(24)36-5-2)26(19-10-6-7-11-20(19)29(31)33)28(32)30-22-12-8-9-13-23(22)34-3/h6-13,16-17,26-27H,4-5,14-15H2,1-3H3,(H,30,32)/t26-,27+/m1/s1. The van der Waals surface area contributed by atoms with Gasteiger partial charge in [-0.15, -0.1) is 0 Å². The number of anilines is 1. The van der Waals surface area contributed by atoms with Crippen molar-refractivity contribution in [3.05, 3.63) is 82.9 Å². The molecule has 2 amide bonds.